The molecule has 9 aromatic rings. The van der Waals surface area contributed by atoms with Gasteiger partial charge < -0.3 is 11.1 Å². The van der Waals surface area contributed by atoms with Crippen LogP contribution in [0.1, 0.15) is 55.7 Å². The van der Waals surface area contributed by atoms with Crippen LogP contribution < -0.4 is 11.1 Å². The average Bonchev–Trinajstić information content (AvgIpc) is 4.20. The minimum atomic E-state index is -0.434. The van der Waals surface area contributed by atoms with Crippen molar-refractivity contribution in [1.82, 2.24) is 44.9 Å². The second-order valence-corrected chi connectivity index (χ2v) is 24.6. The average molecular weight is 1570 g/mol. The van der Waals surface area contributed by atoms with Crippen LogP contribution in [0.5, 0.6) is 0 Å². The first kappa shape index (κ1) is 65.7. The van der Waals surface area contributed by atoms with Gasteiger partial charge in [0.1, 0.15) is 5.69 Å². The summed E-state index contributed by atoms with van der Waals surface area (Å²) in [5, 5.41) is 38.3. The maximum Gasteiger partial charge on any atom is 0.273 e. The molecule has 0 bridgehead atoms. The number of nitrogen functional groups attached to an aromatic ring is 1. The number of aryl methyl sites for hydroxylation is 5. The van der Waals surface area contributed by atoms with Crippen LogP contribution >= 0.6 is 160 Å². The third-order valence-corrected chi connectivity index (χ3v) is 17.9. The van der Waals surface area contributed by atoms with Crippen LogP contribution in [-0.2, 0) is 14.1 Å². The van der Waals surface area contributed by atoms with E-state index in [1.807, 2.05) is 99.7 Å². The van der Waals surface area contributed by atoms with Gasteiger partial charge in [0.25, 0.3) is 5.69 Å². The van der Waals surface area contributed by atoms with E-state index in [9.17, 15) is 10.1 Å². The Morgan fingerprint density at radius 3 is 1.80 bits per heavy atom. The zero-order chi connectivity index (χ0) is 56.4. The molecule has 4 heterocycles. The number of fused-ring (bicyclic) bond motifs is 2. The second-order valence-electron chi connectivity index (χ2n) is 17.0. The van der Waals surface area contributed by atoms with E-state index in [1.165, 1.54) is 47.3 Å². The standard InChI is InChI=1S/C11H8BrClN4.C9H19N.C7H4BrClN2.C7H5BrClNO2.C7H7BrClN.C7H6BrCl.C4H5IN2/c1-16-6-8(5-14-16)17-11-3-9(12)10(13)2-7(11)4-15-17;1-3-8-6-4-5-7-9(8)10-2;8-5-2-7-4(1-6(5)9)3-10-11-7;1-4-2-6(9)5(8)3-7(4)10(11)12;1-4-2-6(9)5(8)3-7(4)10;1-5-2-3-6(8)7(9)4-5;1-7-3-4(5)2-6-7/h2-6H,1H3;8-10H,3-7H2,1-2H3;1-3H,(H,10,11);2-3H,1H3;2-3H,10H2,1H3;2-4H,1H3;2-3H,1H3/t;8-,9-;;;;;/m.1...../s1. The van der Waals surface area contributed by atoms with Crippen LogP contribution in [0.2, 0.25) is 25.1 Å². The molecular weight excluding hydrogens is 1510 g/mol. The van der Waals surface area contributed by atoms with Crippen molar-refractivity contribution < 1.29 is 4.92 Å². The van der Waals surface area contributed by atoms with Crippen molar-refractivity contribution in [1.29, 1.82) is 0 Å². The number of rotatable bonds is 4. The van der Waals surface area contributed by atoms with Gasteiger partial charge in [-0.3, -0.25) is 24.6 Å². The molecule has 0 spiro atoms. The second kappa shape index (κ2) is 32.5. The number of aromatic nitrogens is 8. The van der Waals surface area contributed by atoms with Crippen molar-refractivity contribution >= 4 is 193 Å². The molecule has 1 fully saturated rings. The molecule has 4 aromatic heterocycles. The maximum absolute atomic E-state index is 10.4. The molecule has 1 saturated carbocycles. The van der Waals surface area contributed by atoms with Gasteiger partial charge in [-0.2, -0.15) is 20.4 Å². The Kier molecular flexibility index (Phi) is 28.1. The third kappa shape index (κ3) is 20.7. The molecule has 24 heteroatoms. The highest BCUT2D eigenvalue weighted by Gasteiger charge is 2.21. The molecule has 0 radical (unpaired) electrons. The zero-order valence-corrected chi connectivity index (χ0v) is 56.0. The summed E-state index contributed by atoms with van der Waals surface area (Å²) in [7, 11) is 5.88. The number of hydrogen-bond donors (Lipinski definition) is 3. The molecule has 4 N–H and O–H groups in total. The quantitative estimate of drug-likeness (QED) is 0.0679. The molecule has 0 saturated heterocycles. The van der Waals surface area contributed by atoms with Gasteiger partial charge in [-0.25, -0.2) is 4.68 Å². The molecule has 1 aliphatic carbocycles. The van der Waals surface area contributed by atoms with E-state index >= 15 is 0 Å². The number of halogens is 11. The van der Waals surface area contributed by atoms with Gasteiger partial charge in [-0.1, -0.05) is 90.3 Å². The van der Waals surface area contributed by atoms with Gasteiger partial charge in [-0.15, -0.1) is 0 Å². The first-order chi connectivity index (χ1) is 35.9. The van der Waals surface area contributed by atoms with Crippen molar-refractivity contribution in [3.05, 3.63) is 182 Å². The number of H-pyrrole nitrogens is 1. The summed E-state index contributed by atoms with van der Waals surface area (Å²) in [6.07, 6.45) is 18.1. The van der Waals surface area contributed by atoms with E-state index in [0.717, 1.165) is 73.6 Å². The van der Waals surface area contributed by atoms with E-state index in [-0.39, 0.29) is 5.69 Å². The van der Waals surface area contributed by atoms with Crippen LogP contribution in [0.15, 0.2) is 126 Å². The Bertz CT molecular complexity index is 3220. The molecule has 2 atom stereocenters. The molecule has 13 nitrogen and oxygen atoms in total. The minimum Gasteiger partial charge on any atom is -0.398 e. The Labute approximate surface area is 523 Å². The summed E-state index contributed by atoms with van der Waals surface area (Å²) in [4.78, 5) is 9.99. The highest BCUT2D eigenvalue weighted by atomic mass is 127. The summed E-state index contributed by atoms with van der Waals surface area (Å²) in [6, 6.07) is 20.9. The fourth-order valence-electron chi connectivity index (χ4n) is 7.24. The van der Waals surface area contributed by atoms with Gasteiger partial charge >= 0.3 is 0 Å². The Morgan fingerprint density at radius 1 is 0.711 bits per heavy atom. The van der Waals surface area contributed by atoms with E-state index in [4.69, 9.17) is 63.7 Å². The number of hydrogen-bond acceptors (Lipinski definition) is 8. The van der Waals surface area contributed by atoms with Crippen LogP contribution in [0.3, 0.4) is 0 Å². The smallest absolute Gasteiger partial charge is 0.273 e. The van der Waals surface area contributed by atoms with E-state index < -0.39 is 4.92 Å². The minimum absolute atomic E-state index is 0.0753. The van der Waals surface area contributed by atoms with E-state index in [0.29, 0.717) is 30.1 Å². The monoisotopic (exact) mass is 1560 g/mol. The normalized spacial score (nSPS) is 13.4. The highest BCUT2D eigenvalue weighted by molar-refractivity contribution is 14.1. The first-order valence-corrected chi connectivity index (χ1v) is 30.0. The van der Waals surface area contributed by atoms with Crippen LogP contribution in [0.4, 0.5) is 11.4 Å². The molecule has 10 rings (SSSR count). The topological polar surface area (TPSA) is 163 Å². The summed E-state index contributed by atoms with van der Waals surface area (Å²) >= 11 is 47.8. The predicted octanol–water partition coefficient (Wildman–Crippen LogP) is 19.1. The fraction of sp³-hybridized carbons (Fsp3) is 0.269. The maximum atomic E-state index is 10.4. The van der Waals surface area contributed by atoms with Crippen molar-refractivity contribution in [2.24, 2.45) is 20.0 Å². The summed E-state index contributed by atoms with van der Waals surface area (Å²) in [5.41, 5.74) is 12.1. The van der Waals surface area contributed by atoms with Crippen LogP contribution in [0.25, 0.3) is 27.5 Å². The molecule has 76 heavy (non-hydrogen) atoms. The first-order valence-electron chi connectivity index (χ1n) is 23.1. The zero-order valence-electron chi connectivity index (χ0n) is 42.1. The van der Waals surface area contributed by atoms with Gasteiger partial charge in [-0.05, 0) is 215 Å². The molecule has 0 unspecified atom stereocenters. The summed E-state index contributed by atoms with van der Waals surface area (Å²) in [5.74, 6) is 0.957. The molecule has 406 valence electrons. The Balaban J connectivity index is 0.000000195. The number of benzene rings is 5. The lowest BCUT2D eigenvalue weighted by molar-refractivity contribution is -0.385. The molecule has 5 aromatic carbocycles. The number of nitro benzene ring substituents is 1. The SMILES string of the molecule is CC[C@@H]1CCCC[C@H]1NC.Cc1cc(Cl)c(Br)cc1N.Cc1cc(Cl)c(Br)cc1[N+](=O)[O-].Cc1ccc(Br)c(Cl)c1.Clc1cc2cn[nH]c2cc1Br.Cn1cc(-n2ncc3cc(Cl)c(Br)cc32)cn1.Cn1cc(I)cn1. The largest absolute Gasteiger partial charge is 0.398 e. The molecular formula is C52H54Br5Cl5IN11O2. The van der Waals surface area contributed by atoms with Crippen LogP contribution in [-0.4, -0.2) is 57.6 Å². The summed E-state index contributed by atoms with van der Waals surface area (Å²) in [6.45, 7) is 7.89. The third-order valence-electron chi connectivity index (χ3n) is 11.3. The number of nitro groups is 1. The number of nitrogens with one attached hydrogen (secondary N) is 2. The van der Waals surface area contributed by atoms with Crippen molar-refractivity contribution in [3.8, 4) is 5.69 Å². The molecule has 0 amide bonds. The van der Waals surface area contributed by atoms with Crippen molar-refractivity contribution in [2.75, 3.05) is 12.8 Å². The van der Waals surface area contributed by atoms with Crippen molar-refractivity contribution in [2.45, 2.75) is 65.8 Å². The highest BCUT2D eigenvalue weighted by Crippen LogP contribution is 2.32. The fourth-order valence-corrected chi connectivity index (χ4v) is 10.4. The molecule has 0 aliphatic heterocycles. The van der Waals surface area contributed by atoms with Gasteiger partial charge in [0.2, 0.25) is 0 Å². The Morgan fingerprint density at radius 2 is 1.28 bits per heavy atom. The summed E-state index contributed by atoms with van der Waals surface area (Å²) < 4.78 is 10.6. The Hall–Kier alpha value is -2.80. The van der Waals surface area contributed by atoms with E-state index in [1.54, 1.807) is 47.0 Å². The van der Waals surface area contributed by atoms with Gasteiger partial charge in [0, 0.05) is 76.8 Å². The lowest BCUT2D eigenvalue weighted by atomic mass is 9.83. The van der Waals surface area contributed by atoms with Gasteiger partial charge in [0.15, 0.2) is 0 Å². The van der Waals surface area contributed by atoms with E-state index in [2.05, 4.69) is 147 Å². The lowest BCUT2D eigenvalue weighted by Gasteiger charge is -2.30. The number of aromatic amines is 1. The predicted molar refractivity (Wildman–Crippen MR) is 343 cm³/mol. The van der Waals surface area contributed by atoms with Crippen molar-refractivity contribution in [3.63, 3.8) is 0 Å². The van der Waals surface area contributed by atoms with Crippen LogP contribution in [0, 0.1) is 40.4 Å². The number of anilines is 1. The lowest BCUT2D eigenvalue weighted by Crippen LogP contribution is -2.35. The van der Waals surface area contributed by atoms with Gasteiger partial charge in [0.05, 0.1) is 75.6 Å². The molecule has 1 aliphatic rings. The number of nitrogens with two attached hydrogens (primary N) is 1. The number of nitrogens with zero attached hydrogens (tertiary/aromatic N) is 8.